The smallest absolute Gasteiger partial charge is 0.269 e. The maximum Gasteiger partial charge on any atom is 0.269 e. The average molecular weight is 270 g/mol. The number of carbonyl (C=O) groups excluding carboxylic acids is 1. The van der Waals surface area contributed by atoms with Crippen LogP contribution in [0.5, 0.6) is 0 Å². The highest BCUT2D eigenvalue weighted by molar-refractivity contribution is 6.67. The minimum atomic E-state index is -0.560. The molecule has 0 fully saturated rings. The summed E-state index contributed by atoms with van der Waals surface area (Å²) in [5.74, 6) is 0. The number of nitro groups is 1. The van der Waals surface area contributed by atoms with Gasteiger partial charge in [0.25, 0.3) is 10.9 Å². The largest absolute Gasteiger partial charge is 0.276 e. The van der Waals surface area contributed by atoms with E-state index in [0.717, 1.165) is 25.7 Å². The lowest BCUT2D eigenvalue weighted by Crippen LogP contribution is -2.00. The Bertz CT molecular complexity index is 446. The maximum atomic E-state index is 11.2. The number of hydrogen-bond donors (Lipinski definition) is 0. The van der Waals surface area contributed by atoms with Gasteiger partial charge in [0, 0.05) is 17.7 Å². The molecule has 0 bridgehead atoms. The van der Waals surface area contributed by atoms with Crippen LogP contribution in [-0.4, -0.2) is 10.2 Å². The molecule has 0 saturated heterocycles. The number of halogens is 1. The lowest BCUT2D eigenvalue weighted by atomic mass is 10.0. The van der Waals surface area contributed by atoms with Crippen LogP contribution in [0.2, 0.25) is 0 Å². The summed E-state index contributed by atoms with van der Waals surface area (Å²) in [6, 6.07) is 4.19. The molecule has 0 aliphatic carbocycles. The van der Waals surface area contributed by atoms with Gasteiger partial charge in [0.2, 0.25) is 0 Å². The van der Waals surface area contributed by atoms with Crippen LogP contribution >= 0.6 is 11.6 Å². The van der Waals surface area contributed by atoms with E-state index in [0.29, 0.717) is 17.5 Å². The SMILES string of the molecule is CCCCCCc1cc([N+](=O)[O-])ccc1C(=O)Cl. The molecule has 98 valence electrons. The molecule has 0 aromatic heterocycles. The summed E-state index contributed by atoms with van der Waals surface area (Å²) in [6.07, 6.45) is 4.85. The second kappa shape index (κ2) is 7.11. The first kappa shape index (κ1) is 14.6. The van der Waals surface area contributed by atoms with Crippen molar-refractivity contribution in [2.75, 3.05) is 0 Å². The van der Waals surface area contributed by atoms with Crippen molar-refractivity contribution in [3.8, 4) is 0 Å². The summed E-state index contributed by atoms with van der Waals surface area (Å²) in [7, 11) is 0. The molecular formula is C13H16ClNO3. The molecular weight excluding hydrogens is 254 g/mol. The molecule has 0 unspecified atom stereocenters. The van der Waals surface area contributed by atoms with Crippen molar-refractivity contribution in [2.24, 2.45) is 0 Å². The highest BCUT2D eigenvalue weighted by Gasteiger charge is 2.14. The van der Waals surface area contributed by atoms with E-state index < -0.39 is 10.2 Å². The van der Waals surface area contributed by atoms with Gasteiger partial charge in [-0.25, -0.2) is 0 Å². The second-order valence-electron chi connectivity index (χ2n) is 4.18. The fourth-order valence-electron chi connectivity index (χ4n) is 1.83. The summed E-state index contributed by atoms with van der Waals surface area (Å²) in [5, 5.41) is 10.1. The molecule has 0 atom stereocenters. The number of non-ortho nitro benzene ring substituents is 1. The fraction of sp³-hybridized carbons (Fsp3) is 0.462. The van der Waals surface area contributed by atoms with Crippen molar-refractivity contribution in [3.05, 3.63) is 39.4 Å². The zero-order valence-corrected chi connectivity index (χ0v) is 11.1. The van der Waals surface area contributed by atoms with E-state index in [2.05, 4.69) is 6.92 Å². The third-order valence-electron chi connectivity index (χ3n) is 2.81. The third kappa shape index (κ3) is 4.11. The first-order chi connectivity index (χ1) is 8.56. The monoisotopic (exact) mass is 269 g/mol. The van der Waals surface area contributed by atoms with Crippen molar-refractivity contribution in [2.45, 2.75) is 39.0 Å². The van der Waals surface area contributed by atoms with Gasteiger partial charge in [-0.3, -0.25) is 14.9 Å². The van der Waals surface area contributed by atoms with Gasteiger partial charge in [-0.2, -0.15) is 0 Å². The predicted molar refractivity (Wildman–Crippen MR) is 71.1 cm³/mol. The van der Waals surface area contributed by atoms with Gasteiger partial charge in [0.05, 0.1) is 4.92 Å². The first-order valence-electron chi connectivity index (χ1n) is 6.03. The molecule has 1 rings (SSSR count). The zero-order valence-electron chi connectivity index (χ0n) is 10.3. The molecule has 0 N–H and O–H groups in total. The van der Waals surface area contributed by atoms with Crippen molar-refractivity contribution in [3.63, 3.8) is 0 Å². The van der Waals surface area contributed by atoms with Crippen LogP contribution in [0.3, 0.4) is 0 Å². The molecule has 0 spiro atoms. The maximum absolute atomic E-state index is 11.2. The van der Waals surface area contributed by atoms with Crippen LogP contribution in [0, 0.1) is 10.1 Å². The van der Waals surface area contributed by atoms with Gasteiger partial charge >= 0.3 is 0 Å². The molecule has 0 heterocycles. The van der Waals surface area contributed by atoms with Crippen LogP contribution in [0.4, 0.5) is 5.69 Å². The molecule has 0 radical (unpaired) electrons. The summed E-state index contributed by atoms with van der Waals surface area (Å²) in [4.78, 5) is 21.5. The Balaban J connectivity index is 2.86. The Morgan fingerprint density at radius 1 is 1.33 bits per heavy atom. The third-order valence-corrected chi connectivity index (χ3v) is 3.01. The highest BCUT2D eigenvalue weighted by Crippen LogP contribution is 2.21. The lowest BCUT2D eigenvalue weighted by molar-refractivity contribution is -0.384. The van der Waals surface area contributed by atoms with E-state index in [9.17, 15) is 14.9 Å². The average Bonchev–Trinajstić information content (AvgIpc) is 2.34. The first-order valence-corrected chi connectivity index (χ1v) is 6.41. The molecule has 0 saturated carbocycles. The summed E-state index contributed by atoms with van der Waals surface area (Å²) < 4.78 is 0. The minimum absolute atomic E-state index is 0.00200. The van der Waals surface area contributed by atoms with Gasteiger partial charge < -0.3 is 0 Å². The highest BCUT2D eigenvalue weighted by atomic mass is 35.5. The zero-order chi connectivity index (χ0) is 13.5. The molecule has 4 nitrogen and oxygen atoms in total. The van der Waals surface area contributed by atoms with Gasteiger partial charge in [-0.15, -0.1) is 0 Å². The number of nitro benzene ring substituents is 1. The molecule has 18 heavy (non-hydrogen) atoms. The Kier molecular flexibility index (Phi) is 5.78. The Morgan fingerprint density at radius 2 is 2.06 bits per heavy atom. The van der Waals surface area contributed by atoms with Crippen molar-refractivity contribution in [1.29, 1.82) is 0 Å². The number of hydrogen-bond acceptors (Lipinski definition) is 3. The fourth-order valence-corrected chi connectivity index (χ4v) is 2.02. The van der Waals surface area contributed by atoms with E-state index in [-0.39, 0.29) is 5.69 Å². The standard InChI is InChI=1S/C13H16ClNO3/c1-2-3-4-5-6-10-9-11(15(17)18)7-8-12(10)13(14)16/h7-9H,2-6H2,1H3. The number of nitrogens with zero attached hydrogens (tertiary/aromatic N) is 1. The van der Waals surface area contributed by atoms with Gasteiger partial charge in [0.1, 0.15) is 0 Å². The van der Waals surface area contributed by atoms with Gasteiger partial charge in [-0.1, -0.05) is 26.2 Å². The quantitative estimate of drug-likeness (QED) is 0.324. The Hall–Kier alpha value is -1.42. The molecule has 0 aliphatic heterocycles. The van der Waals surface area contributed by atoms with Crippen molar-refractivity contribution < 1.29 is 9.72 Å². The normalized spacial score (nSPS) is 10.3. The van der Waals surface area contributed by atoms with E-state index in [1.807, 2.05) is 0 Å². The summed E-state index contributed by atoms with van der Waals surface area (Å²) in [6.45, 7) is 2.11. The van der Waals surface area contributed by atoms with Crippen molar-refractivity contribution >= 4 is 22.5 Å². The Morgan fingerprint density at radius 3 is 2.61 bits per heavy atom. The van der Waals surface area contributed by atoms with Crippen LogP contribution < -0.4 is 0 Å². The predicted octanol–water partition coefficient (Wildman–Crippen LogP) is 4.10. The van der Waals surface area contributed by atoms with E-state index in [1.165, 1.54) is 18.2 Å². The Labute approximate surface area is 111 Å². The van der Waals surface area contributed by atoms with Crippen LogP contribution in [0.1, 0.15) is 48.5 Å². The summed E-state index contributed by atoms with van der Waals surface area (Å²) >= 11 is 5.47. The second-order valence-corrected chi connectivity index (χ2v) is 4.53. The molecule has 1 aromatic carbocycles. The number of unbranched alkanes of at least 4 members (excludes halogenated alkanes) is 3. The van der Waals surface area contributed by atoms with Gasteiger partial charge in [-0.05, 0) is 36.1 Å². The van der Waals surface area contributed by atoms with Crippen LogP contribution in [0.15, 0.2) is 18.2 Å². The molecule has 5 heteroatoms. The molecule has 1 aromatic rings. The lowest BCUT2D eigenvalue weighted by Gasteiger charge is -2.06. The van der Waals surface area contributed by atoms with E-state index in [4.69, 9.17) is 11.6 Å². The molecule has 0 aliphatic rings. The van der Waals surface area contributed by atoms with Gasteiger partial charge in [0.15, 0.2) is 0 Å². The topological polar surface area (TPSA) is 60.2 Å². The van der Waals surface area contributed by atoms with Crippen LogP contribution in [-0.2, 0) is 6.42 Å². The van der Waals surface area contributed by atoms with E-state index in [1.54, 1.807) is 0 Å². The number of aryl methyl sites for hydroxylation is 1. The minimum Gasteiger partial charge on any atom is -0.276 e. The summed E-state index contributed by atoms with van der Waals surface area (Å²) in [5.41, 5.74) is 1.04. The van der Waals surface area contributed by atoms with Crippen LogP contribution in [0.25, 0.3) is 0 Å². The number of benzene rings is 1. The number of rotatable bonds is 7. The molecule has 0 amide bonds. The van der Waals surface area contributed by atoms with Crippen molar-refractivity contribution in [1.82, 2.24) is 0 Å². The number of carbonyl (C=O) groups is 1. The van der Waals surface area contributed by atoms with E-state index >= 15 is 0 Å².